The van der Waals surface area contributed by atoms with Crippen molar-refractivity contribution in [3.63, 3.8) is 0 Å². The first kappa shape index (κ1) is 17.9. The maximum atomic E-state index is 12.6. The van der Waals surface area contributed by atoms with E-state index in [2.05, 4.69) is 21.2 Å². The summed E-state index contributed by atoms with van der Waals surface area (Å²) in [5.41, 5.74) is 0.442. The van der Waals surface area contributed by atoms with Gasteiger partial charge in [0.05, 0.1) is 11.3 Å². The van der Waals surface area contributed by atoms with Crippen LogP contribution in [0.1, 0.15) is 11.1 Å². The summed E-state index contributed by atoms with van der Waals surface area (Å²) in [6, 6.07) is 12.3. The first-order valence-corrected chi connectivity index (χ1v) is 8.58. The zero-order chi connectivity index (χ0) is 16.9. The average molecular weight is 404 g/mol. The van der Waals surface area contributed by atoms with E-state index in [1.165, 1.54) is 23.9 Å². The van der Waals surface area contributed by atoms with Gasteiger partial charge in [0.25, 0.3) is 0 Å². The molecule has 0 aliphatic carbocycles. The number of alkyl halides is 3. The molecule has 0 bridgehead atoms. The maximum Gasteiger partial charge on any atom is 0.416 e. The lowest BCUT2D eigenvalue weighted by Crippen LogP contribution is -2.15. The molecule has 23 heavy (non-hydrogen) atoms. The number of hydrogen-bond donors (Lipinski definition) is 1. The molecule has 1 amide bonds. The van der Waals surface area contributed by atoms with Gasteiger partial charge in [0.2, 0.25) is 5.91 Å². The summed E-state index contributed by atoms with van der Waals surface area (Å²) in [4.78, 5) is 11.8. The molecule has 0 atom stereocenters. The van der Waals surface area contributed by atoms with Gasteiger partial charge in [-0.05, 0) is 35.9 Å². The minimum absolute atomic E-state index is 0.147. The van der Waals surface area contributed by atoms with Gasteiger partial charge in [-0.2, -0.15) is 13.2 Å². The van der Waals surface area contributed by atoms with Crippen LogP contribution in [0, 0.1) is 0 Å². The Morgan fingerprint density at radius 1 is 1.13 bits per heavy atom. The minimum atomic E-state index is -4.42. The molecule has 0 fully saturated rings. The van der Waals surface area contributed by atoms with Crippen molar-refractivity contribution < 1.29 is 18.0 Å². The zero-order valence-electron chi connectivity index (χ0n) is 11.9. The summed E-state index contributed by atoms with van der Waals surface area (Å²) in [7, 11) is 0. The smallest absolute Gasteiger partial charge is 0.325 e. The second-order valence-electron chi connectivity index (χ2n) is 4.75. The number of anilines is 1. The van der Waals surface area contributed by atoms with Crippen molar-refractivity contribution in [1.82, 2.24) is 0 Å². The van der Waals surface area contributed by atoms with Crippen molar-refractivity contribution >= 4 is 39.3 Å². The fraction of sp³-hybridized carbons (Fsp3) is 0.188. The lowest BCUT2D eigenvalue weighted by atomic mass is 10.2. The molecule has 0 aliphatic rings. The molecule has 0 aliphatic heterocycles. The SMILES string of the molecule is O=C(CSCc1ccc(Br)cc1)Nc1cccc(C(F)(F)F)c1. The van der Waals surface area contributed by atoms with Crippen LogP contribution in [0.3, 0.4) is 0 Å². The summed E-state index contributed by atoms with van der Waals surface area (Å²) in [6.07, 6.45) is -4.42. The molecule has 2 rings (SSSR count). The van der Waals surface area contributed by atoms with Crippen LogP contribution in [-0.4, -0.2) is 11.7 Å². The summed E-state index contributed by atoms with van der Waals surface area (Å²) in [5, 5.41) is 2.48. The van der Waals surface area contributed by atoms with Crippen LogP contribution < -0.4 is 5.32 Å². The summed E-state index contributed by atoms with van der Waals surface area (Å²) >= 11 is 4.74. The van der Waals surface area contributed by atoms with Gasteiger partial charge in [0.1, 0.15) is 0 Å². The molecule has 2 aromatic rings. The zero-order valence-corrected chi connectivity index (χ0v) is 14.3. The van der Waals surface area contributed by atoms with Crippen LogP contribution >= 0.6 is 27.7 Å². The number of halogens is 4. The molecule has 122 valence electrons. The number of amides is 1. The third kappa shape index (κ3) is 5.91. The fourth-order valence-corrected chi connectivity index (χ4v) is 2.86. The quantitative estimate of drug-likeness (QED) is 0.729. The Morgan fingerprint density at radius 2 is 1.83 bits per heavy atom. The molecular formula is C16H13BrF3NOS. The molecule has 2 nitrogen and oxygen atoms in total. The molecule has 0 unspecified atom stereocenters. The molecule has 0 saturated heterocycles. The molecule has 0 radical (unpaired) electrons. The van der Waals surface area contributed by atoms with E-state index >= 15 is 0 Å². The third-order valence-electron chi connectivity index (χ3n) is 2.89. The highest BCUT2D eigenvalue weighted by molar-refractivity contribution is 9.10. The van der Waals surface area contributed by atoms with Crippen molar-refractivity contribution in [3.05, 3.63) is 64.1 Å². The number of rotatable bonds is 5. The van der Waals surface area contributed by atoms with E-state index in [1.807, 2.05) is 24.3 Å². The number of carbonyl (C=O) groups excluding carboxylic acids is 1. The second kappa shape index (κ2) is 7.88. The van der Waals surface area contributed by atoms with E-state index in [4.69, 9.17) is 0 Å². The summed E-state index contributed by atoms with van der Waals surface area (Å²) in [5.74, 6) is 0.502. The van der Waals surface area contributed by atoms with E-state index in [0.29, 0.717) is 5.75 Å². The summed E-state index contributed by atoms with van der Waals surface area (Å²) < 4.78 is 38.8. The highest BCUT2D eigenvalue weighted by atomic mass is 79.9. The van der Waals surface area contributed by atoms with Crippen molar-refractivity contribution in [2.24, 2.45) is 0 Å². The van der Waals surface area contributed by atoms with E-state index in [0.717, 1.165) is 22.2 Å². The molecule has 0 saturated carbocycles. The van der Waals surface area contributed by atoms with Crippen LogP contribution in [0.15, 0.2) is 53.0 Å². The predicted molar refractivity (Wildman–Crippen MR) is 90.4 cm³/mol. The highest BCUT2D eigenvalue weighted by Crippen LogP contribution is 2.30. The Kier molecular flexibility index (Phi) is 6.12. The van der Waals surface area contributed by atoms with Crippen molar-refractivity contribution in [2.45, 2.75) is 11.9 Å². The molecule has 1 N–H and O–H groups in total. The first-order chi connectivity index (χ1) is 10.8. The molecule has 0 aromatic heterocycles. The van der Waals surface area contributed by atoms with Crippen molar-refractivity contribution in [1.29, 1.82) is 0 Å². The minimum Gasteiger partial charge on any atom is -0.325 e. The number of hydrogen-bond acceptors (Lipinski definition) is 2. The van der Waals surface area contributed by atoms with Crippen LogP contribution in [-0.2, 0) is 16.7 Å². The van der Waals surface area contributed by atoms with E-state index in [9.17, 15) is 18.0 Å². The fourth-order valence-electron chi connectivity index (χ4n) is 1.81. The number of carbonyl (C=O) groups is 1. The van der Waals surface area contributed by atoms with Gasteiger partial charge in [-0.25, -0.2) is 0 Å². The molecule has 7 heteroatoms. The van der Waals surface area contributed by atoms with Crippen LogP contribution in [0.4, 0.5) is 18.9 Å². The highest BCUT2D eigenvalue weighted by Gasteiger charge is 2.30. The Morgan fingerprint density at radius 3 is 2.48 bits per heavy atom. The molecule has 0 heterocycles. The lowest BCUT2D eigenvalue weighted by Gasteiger charge is -2.10. The Balaban J connectivity index is 1.84. The van der Waals surface area contributed by atoms with Gasteiger partial charge in [-0.1, -0.05) is 34.1 Å². The third-order valence-corrected chi connectivity index (χ3v) is 4.42. The van der Waals surface area contributed by atoms with Crippen LogP contribution in [0.2, 0.25) is 0 Å². The maximum absolute atomic E-state index is 12.6. The average Bonchev–Trinajstić information content (AvgIpc) is 2.49. The summed E-state index contributed by atoms with van der Waals surface area (Å²) in [6.45, 7) is 0. The van der Waals surface area contributed by atoms with Gasteiger partial charge in [0.15, 0.2) is 0 Å². The topological polar surface area (TPSA) is 29.1 Å². The molecule has 0 spiro atoms. The van der Waals surface area contributed by atoms with Gasteiger partial charge >= 0.3 is 6.18 Å². The van der Waals surface area contributed by atoms with Crippen molar-refractivity contribution in [2.75, 3.05) is 11.1 Å². The van der Waals surface area contributed by atoms with E-state index in [-0.39, 0.29) is 17.3 Å². The van der Waals surface area contributed by atoms with Gasteiger partial charge < -0.3 is 5.32 Å². The monoisotopic (exact) mass is 403 g/mol. The first-order valence-electron chi connectivity index (χ1n) is 6.64. The van der Waals surface area contributed by atoms with Crippen LogP contribution in [0.25, 0.3) is 0 Å². The van der Waals surface area contributed by atoms with Gasteiger partial charge in [-0.3, -0.25) is 4.79 Å². The van der Waals surface area contributed by atoms with E-state index < -0.39 is 11.7 Å². The van der Waals surface area contributed by atoms with Crippen molar-refractivity contribution in [3.8, 4) is 0 Å². The predicted octanol–water partition coefficient (Wildman–Crippen LogP) is 5.34. The standard InChI is InChI=1S/C16H13BrF3NOS/c17-13-6-4-11(5-7-13)9-23-10-15(22)21-14-3-1-2-12(8-14)16(18,19)20/h1-8H,9-10H2,(H,21,22). The van der Waals surface area contributed by atoms with Crippen LogP contribution in [0.5, 0.6) is 0 Å². The Bertz CT molecular complexity index is 674. The number of benzene rings is 2. The Labute approximate surface area is 144 Å². The van der Waals surface area contributed by atoms with E-state index in [1.54, 1.807) is 0 Å². The van der Waals surface area contributed by atoms with Gasteiger partial charge in [-0.15, -0.1) is 11.8 Å². The lowest BCUT2D eigenvalue weighted by molar-refractivity contribution is -0.137. The molecule has 2 aromatic carbocycles. The number of thioether (sulfide) groups is 1. The number of nitrogens with one attached hydrogen (secondary N) is 1. The Hall–Kier alpha value is -1.47. The second-order valence-corrected chi connectivity index (χ2v) is 6.65. The normalized spacial score (nSPS) is 11.3. The van der Waals surface area contributed by atoms with Gasteiger partial charge in [0, 0.05) is 15.9 Å². The molecular weight excluding hydrogens is 391 g/mol. The largest absolute Gasteiger partial charge is 0.416 e.